The third kappa shape index (κ3) is 2.50. The van der Waals surface area contributed by atoms with Crippen LogP contribution in [-0.2, 0) is 9.53 Å². The summed E-state index contributed by atoms with van der Waals surface area (Å²) in [5.74, 6) is -0.142. The van der Waals surface area contributed by atoms with Crippen LogP contribution in [0.25, 0.3) is 0 Å². The van der Waals surface area contributed by atoms with Gasteiger partial charge in [-0.3, -0.25) is 4.79 Å². The summed E-state index contributed by atoms with van der Waals surface area (Å²) in [6.45, 7) is 6.96. The molecule has 3 nitrogen and oxygen atoms in total. The van der Waals surface area contributed by atoms with Gasteiger partial charge in [-0.25, -0.2) is 0 Å². The largest absolute Gasteiger partial charge is 0.438 e. The predicted molar refractivity (Wildman–Crippen MR) is 41.8 cm³/mol. The molecule has 0 fully saturated rings. The Kier molecular flexibility index (Phi) is 3.52. The van der Waals surface area contributed by atoms with E-state index in [1.807, 2.05) is 13.8 Å². The molecule has 0 heterocycles. The molecular formula is C8H16O3. The molecule has 0 saturated heterocycles. The smallest absolute Gasteiger partial charge is 0.313 e. The highest BCUT2D eigenvalue weighted by atomic mass is 16.6. The number of ether oxygens (including phenoxy) is 1. The van der Waals surface area contributed by atoms with Gasteiger partial charge in [0.25, 0.3) is 0 Å². The molecule has 1 N–H and O–H groups in total. The predicted octanol–water partition coefficient (Wildman–Crippen LogP) is 1.16. The van der Waals surface area contributed by atoms with Gasteiger partial charge >= 0.3 is 5.97 Å². The Morgan fingerprint density at radius 3 is 2.27 bits per heavy atom. The van der Waals surface area contributed by atoms with Crippen LogP contribution in [0.1, 0.15) is 27.7 Å². The Hall–Kier alpha value is -0.570. The van der Waals surface area contributed by atoms with E-state index in [9.17, 15) is 4.79 Å². The zero-order valence-electron chi connectivity index (χ0n) is 7.55. The Morgan fingerprint density at radius 1 is 1.55 bits per heavy atom. The molecule has 3 heteroatoms. The van der Waals surface area contributed by atoms with Crippen LogP contribution in [0.5, 0.6) is 0 Å². The molecule has 11 heavy (non-hydrogen) atoms. The summed E-state index contributed by atoms with van der Waals surface area (Å²) in [7, 11) is 0. The first kappa shape index (κ1) is 10.4. The summed E-state index contributed by atoms with van der Waals surface area (Å²) in [6, 6.07) is 0. The Bertz CT molecular complexity index is 138. The van der Waals surface area contributed by atoms with Crippen molar-refractivity contribution >= 4 is 5.97 Å². The van der Waals surface area contributed by atoms with Crippen molar-refractivity contribution in [3.8, 4) is 0 Å². The summed E-state index contributed by atoms with van der Waals surface area (Å²) in [5.41, 5.74) is -0.511. The van der Waals surface area contributed by atoms with Crippen LogP contribution < -0.4 is 0 Å². The summed E-state index contributed by atoms with van der Waals surface area (Å²) < 4.78 is 4.48. The lowest BCUT2D eigenvalue weighted by Crippen LogP contribution is -2.31. The molecule has 0 amide bonds. The molecule has 0 saturated carbocycles. The highest BCUT2D eigenvalue weighted by molar-refractivity contribution is 5.76. The molecule has 0 aliphatic heterocycles. The number of carbonyl (C=O) groups is 1. The zero-order chi connectivity index (χ0) is 9.07. The third-order valence-corrected chi connectivity index (χ3v) is 2.17. The maximum absolute atomic E-state index is 11.1. The van der Waals surface area contributed by atoms with Crippen molar-refractivity contribution in [1.82, 2.24) is 0 Å². The Morgan fingerprint density at radius 2 is 2.00 bits per heavy atom. The summed E-state index contributed by atoms with van der Waals surface area (Å²) >= 11 is 0. The van der Waals surface area contributed by atoms with Gasteiger partial charge in [-0.2, -0.15) is 0 Å². The number of hydrogen-bond donors (Lipinski definition) is 1. The van der Waals surface area contributed by atoms with Gasteiger partial charge in [0.2, 0.25) is 0 Å². The lowest BCUT2D eigenvalue weighted by molar-refractivity contribution is -0.164. The van der Waals surface area contributed by atoms with E-state index in [0.29, 0.717) is 0 Å². The second kappa shape index (κ2) is 3.72. The first-order valence-corrected chi connectivity index (χ1v) is 3.71. The van der Waals surface area contributed by atoms with Crippen LogP contribution in [0, 0.1) is 11.3 Å². The quantitative estimate of drug-likeness (QED) is 0.498. The molecule has 0 atom stereocenters. The van der Waals surface area contributed by atoms with E-state index >= 15 is 0 Å². The number of carbonyl (C=O) groups excluding carboxylic acids is 1. The van der Waals surface area contributed by atoms with Gasteiger partial charge < -0.3 is 9.84 Å². The maximum Gasteiger partial charge on any atom is 0.313 e. The van der Waals surface area contributed by atoms with Crippen LogP contribution in [-0.4, -0.2) is 17.9 Å². The first-order chi connectivity index (χ1) is 4.92. The van der Waals surface area contributed by atoms with Gasteiger partial charge in [0, 0.05) is 0 Å². The summed E-state index contributed by atoms with van der Waals surface area (Å²) in [4.78, 5) is 11.1. The lowest BCUT2D eigenvalue weighted by Gasteiger charge is -2.25. The van der Waals surface area contributed by atoms with E-state index in [4.69, 9.17) is 5.11 Å². The lowest BCUT2D eigenvalue weighted by atomic mass is 9.81. The van der Waals surface area contributed by atoms with E-state index < -0.39 is 12.2 Å². The molecule has 0 aromatic carbocycles. The molecule has 0 aromatic rings. The maximum atomic E-state index is 11.1. The first-order valence-electron chi connectivity index (χ1n) is 3.71. The minimum Gasteiger partial charge on any atom is -0.438 e. The van der Waals surface area contributed by atoms with Gasteiger partial charge in [-0.05, 0) is 19.8 Å². The van der Waals surface area contributed by atoms with Crippen molar-refractivity contribution in [2.45, 2.75) is 27.7 Å². The van der Waals surface area contributed by atoms with Crippen LogP contribution in [0.15, 0.2) is 0 Å². The molecule has 0 bridgehead atoms. The molecule has 0 spiro atoms. The number of rotatable bonds is 3. The van der Waals surface area contributed by atoms with Crippen LogP contribution in [0.3, 0.4) is 0 Å². The average Bonchev–Trinajstić information content (AvgIpc) is 1.88. The van der Waals surface area contributed by atoms with Crippen LogP contribution >= 0.6 is 0 Å². The van der Waals surface area contributed by atoms with E-state index in [1.165, 1.54) is 0 Å². The molecule has 0 radical (unpaired) electrons. The van der Waals surface area contributed by atoms with Crippen LogP contribution in [0.4, 0.5) is 0 Å². The van der Waals surface area contributed by atoms with Crippen LogP contribution in [0.2, 0.25) is 0 Å². The van der Waals surface area contributed by atoms with Crippen molar-refractivity contribution in [3.05, 3.63) is 0 Å². The van der Waals surface area contributed by atoms with E-state index in [1.54, 1.807) is 13.8 Å². The minimum absolute atomic E-state index is 0.210. The van der Waals surface area contributed by atoms with Crippen molar-refractivity contribution < 1.29 is 14.6 Å². The molecule has 0 aliphatic rings. The molecule has 0 unspecified atom stereocenters. The number of esters is 1. The zero-order valence-corrected chi connectivity index (χ0v) is 7.55. The highest BCUT2D eigenvalue weighted by Crippen LogP contribution is 2.27. The number of aliphatic hydroxyl groups is 1. The molecule has 66 valence electrons. The molecular weight excluding hydrogens is 144 g/mol. The standard InChI is InChI=1S/C8H16O3/c1-6(2)8(3,4)7(10)11-5-9/h6,9H,5H2,1-4H3. The average molecular weight is 160 g/mol. The topological polar surface area (TPSA) is 46.5 Å². The second-order valence-electron chi connectivity index (χ2n) is 3.44. The van der Waals surface area contributed by atoms with Crippen molar-refractivity contribution in [1.29, 1.82) is 0 Å². The van der Waals surface area contributed by atoms with Crippen molar-refractivity contribution in [2.24, 2.45) is 11.3 Å². The van der Waals surface area contributed by atoms with Crippen molar-refractivity contribution in [3.63, 3.8) is 0 Å². The highest BCUT2D eigenvalue weighted by Gasteiger charge is 2.32. The molecule has 0 aliphatic carbocycles. The fourth-order valence-corrected chi connectivity index (χ4v) is 0.480. The monoisotopic (exact) mass is 160 g/mol. The number of hydrogen-bond acceptors (Lipinski definition) is 3. The van der Waals surface area contributed by atoms with Gasteiger partial charge in [-0.15, -0.1) is 0 Å². The second-order valence-corrected chi connectivity index (χ2v) is 3.44. The van der Waals surface area contributed by atoms with Gasteiger partial charge in [0.1, 0.15) is 0 Å². The minimum atomic E-state index is -0.533. The fourth-order valence-electron chi connectivity index (χ4n) is 0.480. The molecule has 0 aromatic heterocycles. The van der Waals surface area contributed by atoms with E-state index in [-0.39, 0.29) is 11.9 Å². The van der Waals surface area contributed by atoms with E-state index in [0.717, 1.165) is 0 Å². The van der Waals surface area contributed by atoms with Gasteiger partial charge in [0.15, 0.2) is 6.79 Å². The molecule has 0 rings (SSSR count). The van der Waals surface area contributed by atoms with Crippen molar-refractivity contribution in [2.75, 3.05) is 6.79 Å². The summed E-state index contributed by atoms with van der Waals surface area (Å²) in [5, 5.41) is 8.34. The van der Waals surface area contributed by atoms with Gasteiger partial charge in [0.05, 0.1) is 5.41 Å². The van der Waals surface area contributed by atoms with E-state index in [2.05, 4.69) is 4.74 Å². The summed E-state index contributed by atoms with van der Waals surface area (Å²) in [6.07, 6.45) is 0. The SMILES string of the molecule is CC(C)C(C)(C)C(=O)OCO. The number of aliphatic hydroxyl groups excluding tert-OH is 1. The Labute approximate surface area is 67.4 Å². The third-order valence-electron chi connectivity index (χ3n) is 2.17. The normalized spacial score (nSPS) is 11.8. The Balaban J connectivity index is 4.18. The fraction of sp³-hybridized carbons (Fsp3) is 0.875. The van der Waals surface area contributed by atoms with Gasteiger partial charge in [-0.1, -0.05) is 13.8 Å².